The second-order valence-corrected chi connectivity index (χ2v) is 5.06. The third-order valence-corrected chi connectivity index (χ3v) is 2.82. The van der Waals surface area contributed by atoms with Gasteiger partial charge in [0.2, 0.25) is 0 Å². The topological polar surface area (TPSA) is 29.9 Å². The van der Waals surface area contributed by atoms with Crippen molar-refractivity contribution in [1.82, 2.24) is 15.1 Å². The van der Waals surface area contributed by atoms with E-state index in [1.54, 1.807) is 0 Å². The van der Waals surface area contributed by atoms with E-state index in [2.05, 4.69) is 37.3 Å². The standard InChI is InChI=1S/C13H25N3/c1-11(2)5-6-12(3)14-9-7-13-8-10-16(4)15-13/h8,10-12,14H,5-7,9H2,1-4H3. The molecule has 16 heavy (non-hydrogen) atoms. The smallest absolute Gasteiger partial charge is 0.0637 e. The molecule has 0 radical (unpaired) electrons. The maximum atomic E-state index is 4.36. The molecule has 92 valence electrons. The normalized spacial score (nSPS) is 13.3. The van der Waals surface area contributed by atoms with E-state index in [4.69, 9.17) is 0 Å². The quantitative estimate of drug-likeness (QED) is 0.769. The second-order valence-electron chi connectivity index (χ2n) is 5.06. The molecule has 3 heteroatoms. The van der Waals surface area contributed by atoms with Crippen LogP contribution in [-0.4, -0.2) is 22.4 Å². The molecule has 1 atom stereocenters. The van der Waals surface area contributed by atoms with Gasteiger partial charge in [0.05, 0.1) is 5.69 Å². The van der Waals surface area contributed by atoms with Gasteiger partial charge in [-0.15, -0.1) is 0 Å². The van der Waals surface area contributed by atoms with Crippen molar-refractivity contribution in [3.8, 4) is 0 Å². The zero-order valence-electron chi connectivity index (χ0n) is 11.0. The lowest BCUT2D eigenvalue weighted by Crippen LogP contribution is -2.28. The van der Waals surface area contributed by atoms with Gasteiger partial charge in [0.1, 0.15) is 0 Å². The van der Waals surface area contributed by atoms with Crippen LogP contribution in [0.2, 0.25) is 0 Å². The first kappa shape index (κ1) is 13.2. The molecule has 1 aromatic heterocycles. The molecule has 1 aromatic rings. The Morgan fingerprint density at radius 3 is 2.62 bits per heavy atom. The van der Waals surface area contributed by atoms with E-state index in [-0.39, 0.29) is 0 Å². The van der Waals surface area contributed by atoms with Gasteiger partial charge in [-0.05, 0) is 31.7 Å². The highest BCUT2D eigenvalue weighted by Gasteiger charge is 2.03. The molecular formula is C13H25N3. The van der Waals surface area contributed by atoms with Crippen LogP contribution >= 0.6 is 0 Å². The Labute approximate surface area is 99.2 Å². The Hall–Kier alpha value is -0.830. The van der Waals surface area contributed by atoms with E-state index in [9.17, 15) is 0 Å². The predicted octanol–water partition coefficient (Wildman–Crippen LogP) is 2.38. The Morgan fingerprint density at radius 2 is 2.06 bits per heavy atom. The molecule has 0 saturated heterocycles. The first-order valence-electron chi connectivity index (χ1n) is 6.30. The zero-order chi connectivity index (χ0) is 12.0. The molecule has 0 bridgehead atoms. The van der Waals surface area contributed by atoms with Crippen LogP contribution in [-0.2, 0) is 13.5 Å². The highest BCUT2D eigenvalue weighted by Crippen LogP contribution is 2.06. The van der Waals surface area contributed by atoms with Crippen molar-refractivity contribution in [2.75, 3.05) is 6.54 Å². The molecule has 0 aliphatic heterocycles. The number of aromatic nitrogens is 2. The monoisotopic (exact) mass is 223 g/mol. The van der Waals surface area contributed by atoms with Gasteiger partial charge in [-0.2, -0.15) is 5.10 Å². The van der Waals surface area contributed by atoms with Crippen molar-refractivity contribution in [2.45, 2.75) is 46.1 Å². The van der Waals surface area contributed by atoms with Crippen LogP contribution in [0.15, 0.2) is 12.3 Å². The van der Waals surface area contributed by atoms with Crippen LogP contribution < -0.4 is 5.32 Å². The molecule has 3 nitrogen and oxygen atoms in total. The van der Waals surface area contributed by atoms with E-state index < -0.39 is 0 Å². The van der Waals surface area contributed by atoms with Crippen molar-refractivity contribution in [2.24, 2.45) is 13.0 Å². The lowest BCUT2D eigenvalue weighted by Gasteiger charge is -2.14. The van der Waals surface area contributed by atoms with Crippen LogP contribution in [0.1, 0.15) is 39.3 Å². The van der Waals surface area contributed by atoms with Gasteiger partial charge in [-0.3, -0.25) is 4.68 Å². The van der Waals surface area contributed by atoms with Gasteiger partial charge in [-0.25, -0.2) is 0 Å². The summed E-state index contributed by atoms with van der Waals surface area (Å²) in [6.07, 6.45) is 5.59. The highest BCUT2D eigenvalue weighted by atomic mass is 15.2. The average molecular weight is 223 g/mol. The summed E-state index contributed by atoms with van der Waals surface area (Å²) in [6, 6.07) is 2.70. The molecule has 0 saturated carbocycles. The van der Waals surface area contributed by atoms with Gasteiger partial charge in [0.15, 0.2) is 0 Å². The first-order valence-corrected chi connectivity index (χ1v) is 6.30. The van der Waals surface area contributed by atoms with E-state index in [0.717, 1.165) is 18.9 Å². The van der Waals surface area contributed by atoms with Crippen molar-refractivity contribution in [3.63, 3.8) is 0 Å². The predicted molar refractivity (Wildman–Crippen MR) is 68.4 cm³/mol. The van der Waals surface area contributed by atoms with Crippen LogP contribution in [0.4, 0.5) is 0 Å². The van der Waals surface area contributed by atoms with Crippen LogP contribution in [0, 0.1) is 5.92 Å². The molecule has 0 fully saturated rings. The SMILES string of the molecule is CC(C)CCC(C)NCCc1ccn(C)n1. The van der Waals surface area contributed by atoms with E-state index in [1.165, 1.54) is 18.5 Å². The summed E-state index contributed by atoms with van der Waals surface area (Å²) in [5.41, 5.74) is 1.17. The van der Waals surface area contributed by atoms with E-state index >= 15 is 0 Å². The summed E-state index contributed by atoms with van der Waals surface area (Å²) >= 11 is 0. The molecule has 0 spiro atoms. The summed E-state index contributed by atoms with van der Waals surface area (Å²) in [5, 5.41) is 7.90. The molecule has 0 aliphatic carbocycles. The van der Waals surface area contributed by atoms with Crippen molar-refractivity contribution in [3.05, 3.63) is 18.0 Å². The maximum Gasteiger partial charge on any atom is 0.0637 e. The maximum absolute atomic E-state index is 4.36. The fourth-order valence-corrected chi connectivity index (χ4v) is 1.73. The zero-order valence-corrected chi connectivity index (χ0v) is 11.0. The van der Waals surface area contributed by atoms with Gasteiger partial charge in [0, 0.05) is 32.3 Å². The third kappa shape index (κ3) is 5.31. The molecule has 1 unspecified atom stereocenters. The summed E-state index contributed by atoms with van der Waals surface area (Å²) in [7, 11) is 1.96. The summed E-state index contributed by atoms with van der Waals surface area (Å²) in [4.78, 5) is 0. The molecule has 0 aliphatic rings. The lowest BCUT2D eigenvalue weighted by atomic mass is 10.0. The Kier molecular flexibility index (Phi) is 5.53. The van der Waals surface area contributed by atoms with Crippen molar-refractivity contribution < 1.29 is 0 Å². The molecule has 1 N–H and O–H groups in total. The van der Waals surface area contributed by atoms with Crippen LogP contribution in [0.3, 0.4) is 0 Å². The van der Waals surface area contributed by atoms with Crippen LogP contribution in [0.5, 0.6) is 0 Å². The number of rotatable bonds is 7. The second kappa shape index (κ2) is 6.69. The number of hydrogen-bond acceptors (Lipinski definition) is 2. The Morgan fingerprint density at radius 1 is 1.31 bits per heavy atom. The number of hydrogen-bond donors (Lipinski definition) is 1. The largest absolute Gasteiger partial charge is 0.314 e. The van der Waals surface area contributed by atoms with Gasteiger partial charge in [0.25, 0.3) is 0 Å². The Balaban J connectivity index is 2.10. The van der Waals surface area contributed by atoms with Gasteiger partial charge in [-0.1, -0.05) is 13.8 Å². The minimum atomic E-state index is 0.617. The highest BCUT2D eigenvalue weighted by molar-refractivity contribution is 4.98. The number of nitrogens with zero attached hydrogens (tertiary/aromatic N) is 2. The molecule has 0 aromatic carbocycles. The fraction of sp³-hybridized carbons (Fsp3) is 0.769. The minimum absolute atomic E-state index is 0.617. The third-order valence-electron chi connectivity index (χ3n) is 2.82. The van der Waals surface area contributed by atoms with E-state index in [0.29, 0.717) is 6.04 Å². The summed E-state index contributed by atoms with van der Waals surface area (Å²) in [6.45, 7) is 7.85. The Bertz CT molecular complexity index is 291. The molecule has 1 heterocycles. The molecule has 0 amide bonds. The average Bonchev–Trinajstić information content (AvgIpc) is 2.61. The number of aryl methyl sites for hydroxylation is 1. The molecule has 1 rings (SSSR count). The first-order chi connectivity index (χ1) is 7.58. The lowest BCUT2D eigenvalue weighted by molar-refractivity contribution is 0.452. The molecular weight excluding hydrogens is 198 g/mol. The summed E-state index contributed by atoms with van der Waals surface area (Å²) < 4.78 is 1.86. The minimum Gasteiger partial charge on any atom is -0.314 e. The van der Waals surface area contributed by atoms with Crippen molar-refractivity contribution >= 4 is 0 Å². The van der Waals surface area contributed by atoms with Crippen LogP contribution in [0.25, 0.3) is 0 Å². The summed E-state index contributed by atoms with van der Waals surface area (Å²) in [5.74, 6) is 0.806. The van der Waals surface area contributed by atoms with Gasteiger partial charge >= 0.3 is 0 Å². The van der Waals surface area contributed by atoms with Gasteiger partial charge < -0.3 is 5.32 Å². The number of nitrogens with one attached hydrogen (secondary N) is 1. The van der Waals surface area contributed by atoms with E-state index in [1.807, 2.05) is 17.9 Å². The fourth-order valence-electron chi connectivity index (χ4n) is 1.73. The van der Waals surface area contributed by atoms with Crippen molar-refractivity contribution in [1.29, 1.82) is 0 Å².